The molecule has 0 saturated carbocycles. The fourth-order valence-corrected chi connectivity index (χ4v) is 2.18. The molecule has 0 spiro atoms. The second-order valence-corrected chi connectivity index (χ2v) is 6.92. The molecule has 18 heavy (non-hydrogen) atoms. The van der Waals surface area contributed by atoms with Gasteiger partial charge in [0.2, 0.25) is 5.89 Å². The van der Waals surface area contributed by atoms with E-state index in [-0.39, 0.29) is 17.8 Å². The van der Waals surface area contributed by atoms with Crippen LogP contribution >= 0.6 is 0 Å². The van der Waals surface area contributed by atoms with Crippen molar-refractivity contribution in [1.82, 2.24) is 15.5 Å². The van der Waals surface area contributed by atoms with Gasteiger partial charge in [0.1, 0.15) is 5.25 Å². The van der Waals surface area contributed by atoms with Crippen LogP contribution in [0.15, 0.2) is 4.52 Å². The number of hydrogen-bond acceptors (Lipinski definition) is 6. The van der Waals surface area contributed by atoms with Crippen LogP contribution in [0.5, 0.6) is 0 Å². The molecule has 104 valence electrons. The Morgan fingerprint density at radius 3 is 2.44 bits per heavy atom. The molecule has 0 bridgehead atoms. The maximum absolute atomic E-state index is 11.4. The third-order valence-electron chi connectivity index (χ3n) is 3.28. The van der Waals surface area contributed by atoms with E-state index in [1.807, 2.05) is 20.9 Å². The molecule has 6 nitrogen and oxygen atoms in total. The zero-order chi connectivity index (χ0) is 13.9. The Kier molecular flexibility index (Phi) is 4.86. The van der Waals surface area contributed by atoms with Crippen LogP contribution in [-0.2, 0) is 9.84 Å². The van der Waals surface area contributed by atoms with Gasteiger partial charge in [-0.3, -0.25) is 0 Å². The van der Waals surface area contributed by atoms with Gasteiger partial charge < -0.3 is 9.84 Å². The van der Waals surface area contributed by atoms with E-state index in [1.165, 1.54) is 6.26 Å². The Morgan fingerprint density at radius 2 is 2.00 bits per heavy atom. The molecule has 0 radical (unpaired) electrons. The average molecular weight is 275 g/mol. The van der Waals surface area contributed by atoms with E-state index in [2.05, 4.69) is 15.5 Å². The van der Waals surface area contributed by atoms with Gasteiger partial charge in [-0.1, -0.05) is 12.1 Å². The van der Waals surface area contributed by atoms with Crippen LogP contribution in [0.4, 0.5) is 0 Å². The highest BCUT2D eigenvalue weighted by Crippen LogP contribution is 2.24. The minimum atomic E-state index is -3.20. The molecule has 0 aliphatic carbocycles. The number of rotatable bonds is 6. The van der Waals surface area contributed by atoms with Crippen LogP contribution in [-0.4, -0.2) is 37.9 Å². The minimum Gasteiger partial charge on any atom is -0.339 e. The first-order valence-electron chi connectivity index (χ1n) is 6.00. The van der Waals surface area contributed by atoms with Crippen molar-refractivity contribution in [2.75, 3.05) is 13.3 Å². The van der Waals surface area contributed by atoms with Crippen molar-refractivity contribution in [2.45, 2.75) is 44.4 Å². The van der Waals surface area contributed by atoms with Crippen LogP contribution in [0.25, 0.3) is 0 Å². The van der Waals surface area contributed by atoms with Crippen LogP contribution in [0.1, 0.15) is 50.1 Å². The van der Waals surface area contributed by atoms with Crippen molar-refractivity contribution in [3.63, 3.8) is 0 Å². The van der Waals surface area contributed by atoms with E-state index in [4.69, 9.17) is 4.52 Å². The van der Waals surface area contributed by atoms with Crippen molar-refractivity contribution in [3.8, 4) is 0 Å². The number of nitrogens with zero attached hydrogens (tertiary/aromatic N) is 2. The lowest BCUT2D eigenvalue weighted by Gasteiger charge is -2.17. The molecule has 1 heterocycles. The monoisotopic (exact) mass is 275 g/mol. The Labute approximate surface area is 108 Å². The molecular formula is C11H21N3O3S. The maximum Gasteiger partial charge on any atom is 0.231 e. The second-order valence-electron chi connectivity index (χ2n) is 4.55. The molecule has 3 atom stereocenters. The molecule has 1 aromatic rings. The molecule has 0 fully saturated rings. The number of likely N-dealkylation sites (N-methyl/N-ethyl adjacent to an activating group) is 1. The van der Waals surface area contributed by atoms with Crippen molar-refractivity contribution in [3.05, 3.63) is 11.7 Å². The highest BCUT2D eigenvalue weighted by Gasteiger charge is 2.27. The first-order valence-corrected chi connectivity index (χ1v) is 7.96. The van der Waals surface area contributed by atoms with E-state index in [0.717, 1.165) is 6.42 Å². The van der Waals surface area contributed by atoms with Gasteiger partial charge in [0.05, 0.1) is 5.92 Å². The summed E-state index contributed by atoms with van der Waals surface area (Å²) in [6, 6.07) is 0.192. The molecule has 0 saturated heterocycles. The van der Waals surface area contributed by atoms with Gasteiger partial charge in [-0.05, 0) is 27.3 Å². The SMILES string of the molecule is CCC(c1nc(C(C)S(C)(=O)=O)no1)C(C)NC. The lowest BCUT2D eigenvalue weighted by atomic mass is 9.98. The van der Waals surface area contributed by atoms with Gasteiger partial charge >= 0.3 is 0 Å². The van der Waals surface area contributed by atoms with Gasteiger partial charge in [-0.2, -0.15) is 4.98 Å². The Balaban J connectivity index is 2.98. The third-order valence-corrected chi connectivity index (χ3v) is 4.77. The number of sulfone groups is 1. The summed E-state index contributed by atoms with van der Waals surface area (Å²) in [6.07, 6.45) is 2.01. The van der Waals surface area contributed by atoms with E-state index in [9.17, 15) is 8.42 Å². The van der Waals surface area contributed by atoms with Crippen molar-refractivity contribution >= 4 is 9.84 Å². The predicted molar refractivity (Wildman–Crippen MR) is 69.1 cm³/mol. The standard InChI is InChI=1S/C11H21N3O3S/c1-6-9(7(2)12-4)11-13-10(14-17-11)8(3)18(5,15)16/h7-9,12H,6H2,1-5H3. The van der Waals surface area contributed by atoms with Crippen molar-refractivity contribution < 1.29 is 12.9 Å². The first-order chi connectivity index (χ1) is 8.31. The maximum atomic E-state index is 11.4. The summed E-state index contributed by atoms with van der Waals surface area (Å²) in [5.41, 5.74) is 0. The van der Waals surface area contributed by atoms with Crippen molar-refractivity contribution in [1.29, 1.82) is 0 Å². The summed E-state index contributed by atoms with van der Waals surface area (Å²) >= 11 is 0. The number of hydrogen-bond donors (Lipinski definition) is 1. The summed E-state index contributed by atoms with van der Waals surface area (Å²) in [5, 5.41) is 6.17. The van der Waals surface area contributed by atoms with Gasteiger partial charge in [0.15, 0.2) is 15.7 Å². The fourth-order valence-electron chi connectivity index (χ4n) is 1.70. The molecule has 3 unspecified atom stereocenters. The Morgan fingerprint density at radius 1 is 1.39 bits per heavy atom. The second kappa shape index (κ2) is 5.79. The van der Waals surface area contributed by atoms with Gasteiger partial charge in [-0.15, -0.1) is 0 Å². The van der Waals surface area contributed by atoms with Gasteiger partial charge in [0.25, 0.3) is 0 Å². The lowest BCUT2D eigenvalue weighted by molar-refractivity contribution is 0.319. The van der Waals surface area contributed by atoms with Gasteiger partial charge in [0, 0.05) is 12.3 Å². The topological polar surface area (TPSA) is 85.1 Å². The Hall–Kier alpha value is -0.950. The molecule has 0 aliphatic rings. The highest BCUT2D eigenvalue weighted by atomic mass is 32.2. The molecule has 1 N–H and O–H groups in total. The molecule has 0 amide bonds. The minimum absolute atomic E-state index is 0.0861. The summed E-state index contributed by atoms with van der Waals surface area (Å²) in [4.78, 5) is 4.22. The summed E-state index contributed by atoms with van der Waals surface area (Å²) in [6.45, 7) is 5.62. The van der Waals surface area contributed by atoms with Crippen molar-refractivity contribution in [2.24, 2.45) is 0 Å². The summed E-state index contributed by atoms with van der Waals surface area (Å²) < 4.78 is 28.1. The van der Waals surface area contributed by atoms with Gasteiger partial charge in [-0.25, -0.2) is 8.42 Å². The first kappa shape index (κ1) is 15.1. The largest absolute Gasteiger partial charge is 0.339 e. The summed E-state index contributed by atoms with van der Waals surface area (Å²) in [5.74, 6) is 0.808. The summed E-state index contributed by atoms with van der Waals surface area (Å²) in [7, 11) is -1.34. The van der Waals surface area contributed by atoms with E-state index < -0.39 is 15.1 Å². The Bertz CT molecular complexity index is 483. The zero-order valence-electron chi connectivity index (χ0n) is 11.5. The smallest absolute Gasteiger partial charge is 0.231 e. The molecule has 1 rings (SSSR count). The van der Waals surface area contributed by atoms with Crippen LogP contribution in [0, 0.1) is 0 Å². The average Bonchev–Trinajstić information content (AvgIpc) is 2.76. The lowest BCUT2D eigenvalue weighted by Crippen LogP contribution is -2.28. The quantitative estimate of drug-likeness (QED) is 0.841. The molecule has 7 heteroatoms. The van der Waals surface area contributed by atoms with E-state index in [0.29, 0.717) is 5.89 Å². The van der Waals surface area contributed by atoms with E-state index in [1.54, 1.807) is 6.92 Å². The van der Waals surface area contributed by atoms with Crippen LogP contribution < -0.4 is 5.32 Å². The zero-order valence-corrected chi connectivity index (χ0v) is 12.3. The van der Waals surface area contributed by atoms with Crippen LogP contribution in [0.3, 0.4) is 0 Å². The molecule has 0 aromatic carbocycles. The molecule has 1 aromatic heterocycles. The van der Waals surface area contributed by atoms with Crippen LogP contribution in [0.2, 0.25) is 0 Å². The molecule has 0 aliphatic heterocycles. The van der Waals surface area contributed by atoms with E-state index >= 15 is 0 Å². The molecular weight excluding hydrogens is 254 g/mol. The number of nitrogens with one attached hydrogen (secondary N) is 1. The highest BCUT2D eigenvalue weighted by molar-refractivity contribution is 7.90. The third kappa shape index (κ3) is 3.29. The number of aromatic nitrogens is 2. The normalized spacial score (nSPS) is 17.4. The predicted octanol–water partition coefficient (Wildman–Crippen LogP) is 1.28. The fraction of sp³-hybridized carbons (Fsp3) is 0.818.